The van der Waals surface area contributed by atoms with E-state index in [0.29, 0.717) is 5.75 Å². The number of amides is 1. The number of ether oxygens (including phenoxy) is 1. The van der Waals surface area contributed by atoms with Crippen molar-refractivity contribution >= 4 is 5.91 Å². The number of carbonyl (C=O) groups is 1. The molecule has 0 aliphatic carbocycles. The monoisotopic (exact) mass is 349 g/mol. The van der Waals surface area contributed by atoms with Crippen molar-refractivity contribution in [3.63, 3.8) is 0 Å². The van der Waals surface area contributed by atoms with Gasteiger partial charge in [0.05, 0.1) is 0 Å². The Morgan fingerprint density at radius 2 is 1.64 bits per heavy atom. The van der Waals surface area contributed by atoms with E-state index < -0.39 is 6.10 Å². The Morgan fingerprint density at radius 3 is 2.24 bits per heavy atom. The van der Waals surface area contributed by atoms with Crippen LogP contribution in [0.1, 0.15) is 24.8 Å². The SMILES string of the molecule is CC(CC(=O)NCC(O)COc1ccc(F)cc1)c1ccc(F)cc1. The molecule has 2 N–H and O–H groups in total. The zero-order valence-corrected chi connectivity index (χ0v) is 13.9. The van der Waals surface area contributed by atoms with Crippen LogP contribution in [0.4, 0.5) is 8.78 Å². The van der Waals surface area contributed by atoms with E-state index >= 15 is 0 Å². The molecule has 2 aromatic rings. The number of rotatable bonds is 8. The van der Waals surface area contributed by atoms with Crippen LogP contribution in [0, 0.1) is 11.6 Å². The van der Waals surface area contributed by atoms with Gasteiger partial charge in [0, 0.05) is 13.0 Å². The topological polar surface area (TPSA) is 58.6 Å². The Balaban J connectivity index is 1.69. The number of hydrogen-bond donors (Lipinski definition) is 2. The van der Waals surface area contributed by atoms with Gasteiger partial charge in [-0.15, -0.1) is 0 Å². The maximum atomic E-state index is 12.9. The Labute approximate surface area is 145 Å². The molecular weight excluding hydrogens is 328 g/mol. The molecular formula is C19H21F2NO3. The highest BCUT2D eigenvalue weighted by atomic mass is 19.1. The van der Waals surface area contributed by atoms with Crippen LogP contribution in [-0.2, 0) is 4.79 Å². The van der Waals surface area contributed by atoms with Gasteiger partial charge in [-0.3, -0.25) is 4.79 Å². The lowest BCUT2D eigenvalue weighted by atomic mass is 9.97. The molecule has 0 aromatic heterocycles. The molecule has 134 valence electrons. The fraction of sp³-hybridized carbons (Fsp3) is 0.316. The van der Waals surface area contributed by atoms with Crippen molar-refractivity contribution < 1.29 is 23.4 Å². The number of nitrogens with one attached hydrogen (secondary N) is 1. The molecule has 0 spiro atoms. The van der Waals surface area contributed by atoms with Gasteiger partial charge in [0.15, 0.2) is 0 Å². The second kappa shape index (κ2) is 9.13. The van der Waals surface area contributed by atoms with Crippen molar-refractivity contribution in [2.75, 3.05) is 13.2 Å². The van der Waals surface area contributed by atoms with Crippen LogP contribution in [0.25, 0.3) is 0 Å². The van der Waals surface area contributed by atoms with Gasteiger partial charge >= 0.3 is 0 Å². The van der Waals surface area contributed by atoms with Gasteiger partial charge in [0.25, 0.3) is 0 Å². The maximum Gasteiger partial charge on any atom is 0.220 e. The first kappa shape index (κ1) is 18.9. The fourth-order valence-electron chi connectivity index (χ4n) is 2.27. The van der Waals surface area contributed by atoms with E-state index in [1.807, 2.05) is 6.92 Å². The van der Waals surface area contributed by atoms with Gasteiger partial charge in [-0.1, -0.05) is 19.1 Å². The highest BCUT2D eigenvalue weighted by Gasteiger charge is 2.13. The zero-order chi connectivity index (χ0) is 18.2. The molecule has 6 heteroatoms. The number of halogens is 2. The van der Waals surface area contributed by atoms with Gasteiger partial charge < -0.3 is 15.2 Å². The molecule has 2 rings (SSSR count). The largest absolute Gasteiger partial charge is 0.491 e. The summed E-state index contributed by atoms with van der Waals surface area (Å²) in [6.07, 6.45) is -0.646. The zero-order valence-electron chi connectivity index (χ0n) is 13.9. The quantitative estimate of drug-likeness (QED) is 0.770. The van der Waals surface area contributed by atoms with Gasteiger partial charge in [0.1, 0.15) is 30.1 Å². The van der Waals surface area contributed by atoms with Crippen LogP contribution < -0.4 is 10.1 Å². The molecule has 25 heavy (non-hydrogen) atoms. The van der Waals surface area contributed by atoms with Crippen LogP contribution in [0.5, 0.6) is 5.75 Å². The number of carbonyl (C=O) groups excluding carboxylic acids is 1. The van der Waals surface area contributed by atoms with Gasteiger partial charge in [-0.05, 0) is 47.9 Å². The third-order valence-corrected chi connectivity index (χ3v) is 3.72. The minimum absolute atomic E-state index is 0.0145. The van der Waals surface area contributed by atoms with Crippen LogP contribution >= 0.6 is 0 Å². The second-order valence-corrected chi connectivity index (χ2v) is 5.88. The summed E-state index contributed by atoms with van der Waals surface area (Å²) >= 11 is 0. The highest BCUT2D eigenvalue weighted by Crippen LogP contribution is 2.19. The van der Waals surface area contributed by atoms with E-state index in [0.717, 1.165) is 5.56 Å². The van der Waals surface area contributed by atoms with E-state index in [9.17, 15) is 18.7 Å². The van der Waals surface area contributed by atoms with Gasteiger partial charge in [-0.2, -0.15) is 0 Å². The summed E-state index contributed by atoms with van der Waals surface area (Å²) in [6, 6.07) is 11.5. The lowest BCUT2D eigenvalue weighted by Crippen LogP contribution is -2.35. The molecule has 0 heterocycles. The molecule has 2 unspecified atom stereocenters. The molecule has 0 aliphatic rings. The Kier molecular flexibility index (Phi) is 6.89. The van der Waals surface area contributed by atoms with Gasteiger partial charge in [0.2, 0.25) is 5.91 Å². The first-order valence-electron chi connectivity index (χ1n) is 8.02. The summed E-state index contributed by atoms with van der Waals surface area (Å²) in [5, 5.41) is 12.5. The Hall–Kier alpha value is -2.47. The van der Waals surface area contributed by atoms with E-state index in [4.69, 9.17) is 4.74 Å². The predicted octanol–water partition coefficient (Wildman–Crippen LogP) is 3.01. The molecule has 0 fully saturated rings. The van der Waals surface area contributed by atoms with Gasteiger partial charge in [-0.25, -0.2) is 8.78 Å². The van der Waals surface area contributed by atoms with E-state index in [2.05, 4.69) is 5.32 Å². The number of aliphatic hydroxyl groups is 1. The van der Waals surface area contributed by atoms with Crippen molar-refractivity contribution in [2.24, 2.45) is 0 Å². The first-order valence-corrected chi connectivity index (χ1v) is 8.02. The minimum Gasteiger partial charge on any atom is -0.491 e. The summed E-state index contributed by atoms with van der Waals surface area (Å²) in [4.78, 5) is 11.9. The molecule has 1 amide bonds. The summed E-state index contributed by atoms with van der Waals surface area (Å²) in [7, 11) is 0. The summed E-state index contributed by atoms with van der Waals surface area (Å²) in [5.41, 5.74) is 0.872. The van der Waals surface area contributed by atoms with Crippen molar-refractivity contribution in [2.45, 2.75) is 25.4 Å². The van der Waals surface area contributed by atoms with E-state index in [1.54, 1.807) is 12.1 Å². The van der Waals surface area contributed by atoms with Crippen molar-refractivity contribution in [3.8, 4) is 5.75 Å². The lowest BCUT2D eigenvalue weighted by molar-refractivity contribution is -0.121. The highest BCUT2D eigenvalue weighted by molar-refractivity contribution is 5.76. The second-order valence-electron chi connectivity index (χ2n) is 5.88. The Morgan fingerprint density at radius 1 is 1.08 bits per heavy atom. The first-order chi connectivity index (χ1) is 11.9. The molecule has 0 saturated heterocycles. The number of benzene rings is 2. The summed E-state index contributed by atoms with van der Waals surface area (Å²) in [5.74, 6) is -0.511. The average molecular weight is 349 g/mol. The molecule has 0 radical (unpaired) electrons. The van der Waals surface area contributed by atoms with Crippen LogP contribution in [0.15, 0.2) is 48.5 Å². The third kappa shape index (κ3) is 6.51. The molecule has 0 aliphatic heterocycles. The van der Waals surface area contributed by atoms with Crippen molar-refractivity contribution in [1.82, 2.24) is 5.32 Å². The summed E-state index contributed by atoms with van der Waals surface area (Å²) in [6.45, 7) is 1.91. The van der Waals surface area contributed by atoms with Crippen molar-refractivity contribution in [3.05, 3.63) is 65.7 Å². The number of aliphatic hydroxyl groups excluding tert-OH is 1. The minimum atomic E-state index is -0.880. The maximum absolute atomic E-state index is 12.9. The molecule has 0 saturated carbocycles. The lowest BCUT2D eigenvalue weighted by Gasteiger charge is -2.15. The standard InChI is InChI=1S/C19H21F2NO3/c1-13(14-2-4-15(20)5-3-14)10-19(24)22-11-17(23)12-25-18-8-6-16(21)7-9-18/h2-9,13,17,23H,10-12H2,1H3,(H,22,24). The molecule has 4 nitrogen and oxygen atoms in total. The predicted molar refractivity (Wildman–Crippen MR) is 90.3 cm³/mol. The number of hydrogen-bond acceptors (Lipinski definition) is 3. The van der Waals surface area contributed by atoms with Crippen LogP contribution in [0.2, 0.25) is 0 Å². The molecule has 0 bridgehead atoms. The normalized spacial score (nSPS) is 13.1. The smallest absolute Gasteiger partial charge is 0.220 e. The Bertz CT molecular complexity index is 674. The summed E-state index contributed by atoms with van der Waals surface area (Å²) < 4.78 is 31.0. The fourth-order valence-corrected chi connectivity index (χ4v) is 2.27. The average Bonchev–Trinajstić information content (AvgIpc) is 2.60. The van der Waals surface area contributed by atoms with E-state index in [1.165, 1.54) is 36.4 Å². The molecule has 2 atom stereocenters. The third-order valence-electron chi connectivity index (χ3n) is 3.72. The van der Waals surface area contributed by atoms with Crippen LogP contribution in [0.3, 0.4) is 0 Å². The van der Waals surface area contributed by atoms with E-state index in [-0.39, 0.29) is 43.0 Å². The van der Waals surface area contributed by atoms with Crippen molar-refractivity contribution in [1.29, 1.82) is 0 Å². The molecule has 2 aromatic carbocycles. The van der Waals surface area contributed by atoms with Crippen LogP contribution in [-0.4, -0.2) is 30.3 Å².